The standard InChI is InChI=1S/C21H33N7O/c1-3-25-10-12-26(13-11-25)21(27-14-17(15-27)16-29)18-5-8-24(2)9-6-19(18)23-20-4-7-22-28(20)21/h7,16-17H,3-6,8-15H2,1-2H3. The molecule has 0 aromatic carbocycles. The van der Waals surface area contributed by atoms with Crippen LogP contribution in [0.3, 0.4) is 0 Å². The second-order valence-electron chi connectivity index (χ2n) is 8.93. The Bertz CT molecular complexity index is 748. The molecule has 1 atom stereocenters. The number of likely N-dealkylation sites (tertiary alicyclic amines) is 1. The van der Waals surface area contributed by atoms with Crippen LogP contribution in [-0.4, -0.2) is 115 Å². The molecule has 2 saturated heterocycles. The molecule has 158 valence electrons. The number of nitrogens with zero attached hydrogens (tertiary/aromatic N) is 7. The third-order valence-corrected chi connectivity index (χ3v) is 7.31. The number of amidine groups is 1. The molecule has 0 bridgehead atoms. The molecular formula is C21H33N7O. The SMILES string of the molecule is CCN1CCN(C2(N3CC(C=O)C3)C3=C(CCN(C)CC3)N=C3CC=NN32)CC1. The van der Waals surface area contributed by atoms with E-state index in [9.17, 15) is 4.79 Å². The largest absolute Gasteiger partial charge is 0.306 e. The van der Waals surface area contributed by atoms with Crippen molar-refractivity contribution < 1.29 is 4.79 Å². The molecule has 29 heavy (non-hydrogen) atoms. The number of fused-ring (bicyclic) bond motifs is 1. The summed E-state index contributed by atoms with van der Waals surface area (Å²) in [6.07, 6.45) is 5.93. The number of rotatable bonds is 4. The molecule has 5 aliphatic rings. The van der Waals surface area contributed by atoms with Crippen LogP contribution in [0.5, 0.6) is 0 Å². The van der Waals surface area contributed by atoms with Crippen molar-refractivity contribution in [2.75, 3.05) is 66.0 Å². The molecule has 5 heterocycles. The quantitative estimate of drug-likeness (QED) is 0.642. The Morgan fingerprint density at radius 3 is 2.59 bits per heavy atom. The number of carbonyl (C=O) groups is 1. The molecule has 0 saturated carbocycles. The Kier molecular flexibility index (Phi) is 5.06. The number of carbonyl (C=O) groups excluding carboxylic acids is 1. The van der Waals surface area contributed by atoms with Crippen LogP contribution in [0.25, 0.3) is 0 Å². The van der Waals surface area contributed by atoms with Crippen LogP contribution in [0.15, 0.2) is 21.4 Å². The highest BCUT2D eigenvalue weighted by Gasteiger charge is 2.58. The number of likely N-dealkylation sites (N-methyl/N-ethyl adjacent to an activating group) is 1. The predicted octanol–water partition coefficient (Wildman–Crippen LogP) is 0.492. The maximum atomic E-state index is 11.5. The number of hydrogen-bond donors (Lipinski definition) is 0. The lowest BCUT2D eigenvalue weighted by Crippen LogP contribution is -2.77. The van der Waals surface area contributed by atoms with Gasteiger partial charge in [-0.25, -0.2) is 10.0 Å². The summed E-state index contributed by atoms with van der Waals surface area (Å²) >= 11 is 0. The highest BCUT2D eigenvalue weighted by Crippen LogP contribution is 2.46. The van der Waals surface area contributed by atoms with Crippen molar-refractivity contribution in [3.05, 3.63) is 11.3 Å². The van der Waals surface area contributed by atoms with Crippen LogP contribution in [0.1, 0.15) is 26.2 Å². The van der Waals surface area contributed by atoms with Crippen molar-refractivity contribution in [2.24, 2.45) is 16.0 Å². The first-order valence-electron chi connectivity index (χ1n) is 11.2. The lowest BCUT2D eigenvalue weighted by atomic mass is 9.89. The lowest BCUT2D eigenvalue weighted by molar-refractivity contribution is -0.170. The van der Waals surface area contributed by atoms with Crippen molar-refractivity contribution in [3.63, 3.8) is 0 Å². The van der Waals surface area contributed by atoms with Gasteiger partial charge in [0.15, 0.2) is 5.79 Å². The highest BCUT2D eigenvalue weighted by atomic mass is 16.1. The summed E-state index contributed by atoms with van der Waals surface area (Å²) in [4.78, 5) is 26.6. The van der Waals surface area contributed by atoms with Crippen LogP contribution in [0, 0.1) is 5.92 Å². The Hall–Kier alpha value is -1.61. The number of piperazine rings is 1. The maximum Gasteiger partial charge on any atom is 0.198 e. The van der Waals surface area contributed by atoms with Crippen LogP contribution in [0.4, 0.5) is 0 Å². The molecular weight excluding hydrogens is 366 g/mol. The minimum atomic E-state index is -0.385. The molecule has 5 aliphatic heterocycles. The molecule has 8 nitrogen and oxygen atoms in total. The predicted molar refractivity (Wildman–Crippen MR) is 114 cm³/mol. The van der Waals surface area contributed by atoms with Gasteiger partial charge in [0, 0.05) is 88.6 Å². The van der Waals surface area contributed by atoms with E-state index in [0.29, 0.717) is 0 Å². The fourth-order valence-corrected chi connectivity index (χ4v) is 5.56. The summed E-state index contributed by atoms with van der Waals surface area (Å²) in [5.41, 5.74) is 2.68. The molecule has 1 unspecified atom stereocenters. The summed E-state index contributed by atoms with van der Waals surface area (Å²) in [5, 5.41) is 7.07. The third-order valence-electron chi connectivity index (χ3n) is 7.31. The summed E-state index contributed by atoms with van der Waals surface area (Å²) in [7, 11) is 2.21. The minimum absolute atomic E-state index is 0.134. The molecule has 8 heteroatoms. The van der Waals surface area contributed by atoms with Gasteiger partial charge >= 0.3 is 0 Å². The van der Waals surface area contributed by atoms with Crippen molar-refractivity contribution in [1.29, 1.82) is 0 Å². The summed E-state index contributed by atoms with van der Waals surface area (Å²) in [6, 6.07) is 0. The first-order valence-corrected chi connectivity index (χ1v) is 11.2. The van der Waals surface area contributed by atoms with Gasteiger partial charge in [-0.3, -0.25) is 9.80 Å². The lowest BCUT2D eigenvalue weighted by Gasteiger charge is -2.61. The normalized spacial score (nSPS) is 32.6. The van der Waals surface area contributed by atoms with Gasteiger partial charge in [0.2, 0.25) is 0 Å². The Labute approximate surface area is 173 Å². The van der Waals surface area contributed by atoms with Crippen molar-refractivity contribution in [3.8, 4) is 0 Å². The van der Waals surface area contributed by atoms with Crippen molar-refractivity contribution >= 4 is 18.3 Å². The van der Waals surface area contributed by atoms with Gasteiger partial charge in [-0.1, -0.05) is 6.92 Å². The average molecular weight is 400 g/mol. The van der Waals surface area contributed by atoms with E-state index in [2.05, 4.69) is 38.6 Å². The number of hydrogen-bond acceptors (Lipinski definition) is 8. The second kappa shape index (κ2) is 7.58. The molecule has 0 spiro atoms. The fraction of sp³-hybridized carbons (Fsp3) is 0.762. The van der Waals surface area contributed by atoms with Crippen LogP contribution in [0.2, 0.25) is 0 Å². The molecule has 0 radical (unpaired) electrons. The van der Waals surface area contributed by atoms with Crippen LogP contribution < -0.4 is 0 Å². The molecule has 0 N–H and O–H groups in total. The van der Waals surface area contributed by atoms with Crippen molar-refractivity contribution in [2.45, 2.75) is 32.0 Å². The first kappa shape index (κ1) is 19.4. The second-order valence-corrected chi connectivity index (χ2v) is 8.93. The minimum Gasteiger partial charge on any atom is -0.306 e. The van der Waals surface area contributed by atoms with Gasteiger partial charge in [-0.2, -0.15) is 5.10 Å². The van der Waals surface area contributed by atoms with E-state index in [-0.39, 0.29) is 11.7 Å². The van der Waals surface area contributed by atoms with Crippen LogP contribution >= 0.6 is 0 Å². The molecule has 0 aromatic heterocycles. The van der Waals surface area contributed by atoms with E-state index < -0.39 is 0 Å². The van der Waals surface area contributed by atoms with Gasteiger partial charge in [0.1, 0.15) is 12.1 Å². The summed E-state index contributed by atoms with van der Waals surface area (Å²) < 4.78 is 0. The Morgan fingerprint density at radius 2 is 1.86 bits per heavy atom. The zero-order valence-electron chi connectivity index (χ0n) is 17.8. The van der Waals surface area contributed by atoms with E-state index >= 15 is 0 Å². The molecule has 0 aliphatic carbocycles. The summed E-state index contributed by atoms with van der Waals surface area (Å²) in [6.45, 7) is 11.2. The average Bonchev–Trinajstić information content (AvgIpc) is 3.10. The van der Waals surface area contributed by atoms with Crippen LogP contribution in [-0.2, 0) is 4.79 Å². The highest BCUT2D eigenvalue weighted by molar-refractivity contribution is 5.99. The van der Waals surface area contributed by atoms with E-state index in [1.807, 2.05) is 6.21 Å². The van der Waals surface area contributed by atoms with Gasteiger partial charge in [0.05, 0.1) is 0 Å². The van der Waals surface area contributed by atoms with Gasteiger partial charge in [-0.15, -0.1) is 0 Å². The number of aldehydes is 1. The topological polar surface area (TPSA) is 58.0 Å². The first-order chi connectivity index (χ1) is 14.2. The molecule has 5 rings (SSSR count). The van der Waals surface area contributed by atoms with E-state index in [4.69, 9.17) is 10.1 Å². The fourth-order valence-electron chi connectivity index (χ4n) is 5.56. The zero-order valence-corrected chi connectivity index (χ0v) is 17.8. The maximum absolute atomic E-state index is 11.5. The number of aliphatic imine (C=N–C) groups is 1. The van der Waals surface area contributed by atoms with Gasteiger partial charge in [-0.05, 0) is 20.0 Å². The number of hydrazone groups is 1. The monoisotopic (exact) mass is 399 g/mol. The molecule has 0 amide bonds. The third kappa shape index (κ3) is 3.00. The Morgan fingerprint density at radius 1 is 1.10 bits per heavy atom. The molecule has 0 aromatic rings. The van der Waals surface area contributed by atoms with E-state index in [1.165, 1.54) is 11.3 Å². The Balaban J connectivity index is 1.59. The smallest absolute Gasteiger partial charge is 0.198 e. The summed E-state index contributed by atoms with van der Waals surface area (Å²) in [5.74, 6) is 0.820. The van der Waals surface area contributed by atoms with Crippen molar-refractivity contribution in [1.82, 2.24) is 24.6 Å². The van der Waals surface area contributed by atoms with E-state index in [1.54, 1.807) is 0 Å². The van der Waals surface area contributed by atoms with Gasteiger partial charge < -0.3 is 14.6 Å². The zero-order chi connectivity index (χ0) is 20.0. The van der Waals surface area contributed by atoms with E-state index in [0.717, 1.165) is 90.3 Å². The van der Waals surface area contributed by atoms with Gasteiger partial charge in [0.25, 0.3) is 0 Å². The molecule has 2 fully saturated rings.